The van der Waals surface area contributed by atoms with Crippen LogP contribution in [0.2, 0.25) is 0 Å². The van der Waals surface area contributed by atoms with Gasteiger partial charge in [-0.1, -0.05) is 35.9 Å². The maximum atomic E-state index is 12.1. The van der Waals surface area contributed by atoms with Gasteiger partial charge in [-0.25, -0.2) is 4.79 Å². The number of pyridine rings is 1. The number of carboxylic acid groups (broad SMARTS) is 1. The first-order valence-electron chi connectivity index (χ1n) is 6.95. The molecule has 110 valence electrons. The summed E-state index contributed by atoms with van der Waals surface area (Å²) in [6, 6.07) is 10.6. The van der Waals surface area contributed by atoms with Crippen molar-refractivity contribution in [1.82, 2.24) is 4.57 Å². The summed E-state index contributed by atoms with van der Waals surface area (Å²) in [7, 11) is 0. The van der Waals surface area contributed by atoms with Crippen LogP contribution >= 0.6 is 0 Å². The standard InChI is InChI=1S/C17H19NO3/c1-12-5-7-14(8-6-12)9-10-15(17(20)21)18-11-3-4-13(2)16(18)19/h3-8,11,15H,9-10H2,1-2H3,(H,20,21). The van der Waals surface area contributed by atoms with E-state index < -0.39 is 12.0 Å². The van der Waals surface area contributed by atoms with E-state index in [1.165, 1.54) is 10.1 Å². The lowest BCUT2D eigenvalue weighted by molar-refractivity contribution is -0.141. The van der Waals surface area contributed by atoms with Crippen LogP contribution in [0.5, 0.6) is 0 Å². The molecule has 2 rings (SSSR count). The molecule has 4 nitrogen and oxygen atoms in total. The number of carbonyl (C=O) groups is 1. The Labute approximate surface area is 123 Å². The summed E-state index contributed by atoms with van der Waals surface area (Å²) < 4.78 is 1.31. The van der Waals surface area contributed by atoms with Crippen LogP contribution in [0.1, 0.15) is 29.2 Å². The monoisotopic (exact) mass is 285 g/mol. The number of rotatable bonds is 5. The van der Waals surface area contributed by atoms with Gasteiger partial charge in [0.25, 0.3) is 5.56 Å². The lowest BCUT2D eigenvalue weighted by atomic mass is 10.0. The van der Waals surface area contributed by atoms with Gasteiger partial charge in [-0.05, 0) is 38.3 Å². The Morgan fingerprint density at radius 1 is 1.19 bits per heavy atom. The molecule has 0 bridgehead atoms. The molecule has 0 aliphatic rings. The number of hydrogen-bond donors (Lipinski definition) is 1. The van der Waals surface area contributed by atoms with Gasteiger partial charge in [-0.2, -0.15) is 0 Å². The smallest absolute Gasteiger partial charge is 0.326 e. The molecule has 0 saturated heterocycles. The van der Waals surface area contributed by atoms with Crippen molar-refractivity contribution in [2.75, 3.05) is 0 Å². The number of aryl methyl sites for hydroxylation is 3. The van der Waals surface area contributed by atoms with Gasteiger partial charge in [0.15, 0.2) is 0 Å². The van der Waals surface area contributed by atoms with Crippen LogP contribution < -0.4 is 5.56 Å². The summed E-state index contributed by atoms with van der Waals surface area (Å²) in [6.07, 6.45) is 2.56. The molecule has 1 N–H and O–H groups in total. The van der Waals surface area contributed by atoms with E-state index in [9.17, 15) is 14.7 Å². The molecule has 1 heterocycles. The van der Waals surface area contributed by atoms with Gasteiger partial charge in [-0.3, -0.25) is 4.79 Å². The average molecular weight is 285 g/mol. The predicted octanol–water partition coefficient (Wildman–Crippen LogP) is 2.72. The summed E-state index contributed by atoms with van der Waals surface area (Å²) in [5.74, 6) is -0.977. The maximum absolute atomic E-state index is 12.1. The number of carboxylic acids is 1. The highest BCUT2D eigenvalue weighted by Crippen LogP contribution is 2.15. The fourth-order valence-corrected chi connectivity index (χ4v) is 2.31. The number of aromatic nitrogens is 1. The van der Waals surface area contributed by atoms with E-state index in [0.717, 1.165) is 5.56 Å². The Kier molecular flexibility index (Phi) is 4.58. The van der Waals surface area contributed by atoms with Gasteiger partial charge in [0.2, 0.25) is 0 Å². The molecule has 1 unspecified atom stereocenters. The van der Waals surface area contributed by atoms with Crippen molar-refractivity contribution in [3.8, 4) is 0 Å². The van der Waals surface area contributed by atoms with E-state index in [1.807, 2.05) is 31.2 Å². The molecule has 0 amide bonds. The van der Waals surface area contributed by atoms with Crippen molar-refractivity contribution in [3.63, 3.8) is 0 Å². The Morgan fingerprint density at radius 2 is 1.86 bits per heavy atom. The Bertz CT molecular complexity index is 686. The summed E-state index contributed by atoms with van der Waals surface area (Å²) in [6.45, 7) is 3.70. The second kappa shape index (κ2) is 6.39. The SMILES string of the molecule is Cc1ccc(CCC(C(=O)O)n2cccc(C)c2=O)cc1. The van der Waals surface area contributed by atoms with Crippen molar-refractivity contribution >= 4 is 5.97 Å². The van der Waals surface area contributed by atoms with E-state index in [1.54, 1.807) is 25.3 Å². The summed E-state index contributed by atoms with van der Waals surface area (Å²) in [4.78, 5) is 23.5. The molecule has 1 aromatic heterocycles. The third-order valence-electron chi connectivity index (χ3n) is 3.61. The van der Waals surface area contributed by atoms with E-state index in [0.29, 0.717) is 18.4 Å². The summed E-state index contributed by atoms with van der Waals surface area (Å²) >= 11 is 0. The first-order valence-corrected chi connectivity index (χ1v) is 6.95. The van der Waals surface area contributed by atoms with Gasteiger partial charge in [0, 0.05) is 11.8 Å². The zero-order valence-electron chi connectivity index (χ0n) is 12.2. The van der Waals surface area contributed by atoms with Crippen molar-refractivity contribution < 1.29 is 9.90 Å². The van der Waals surface area contributed by atoms with E-state index in [4.69, 9.17) is 0 Å². The van der Waals surface area contributed by atoms with E-state index >= 15 is 0 Å². The Balaban J connectivity index is 2.20. The normalized spacial score (nSPS) is 12.1. The number of aliphatic carboxylic acids is 1. The number of hydrogen-bond acceptors (Lipinski definition) is 2. The largest absolute Gasteiger partial charge is 0.480 e. The lowest BCUT2D eigenvalue weighted by Crippen LogP contribution is -2.30. The average Bonchev–Trinajstić information content (AvgIpc) is 2.45. The third-order valence-corrected chi connectivity index (χ3v) is 3.61. The fraction of sp³-hybridized carbons (Fsp3) is 0.294. The zero-order valence-corrected chi connectivity index (χ0v) is 12.2. The van der Waals surface area contributed by atoms with Crippen LogP contribution in [0.25, 0.3) is 0 Å². The van der Waals surface area contributed by atoms with Crippen LogP contribution in [-0.2, 0) is 11.2 Å². The van der Waals surface area contributed by atoms with E-state index in [-0.39, 0.29) is 5.56 Å². The molecule has 4 heteroatoms. The van der Waals surface area contributed by atoms with Crippen molar-refractivity contribution in [2.24, 2.45) is 0 Å². The highest BCUT2D eigenvalue weighted by Gasteiger charge is 2.20. The van der Waals surface area contributed by atoms with E-state index in [2.05, 4.69) is 0 Å². The molecular weight excluding hydrogens is 266 g/mol. The fourth-order valence-electron chi connectivity index (χ4n) is 2.31. The van der Waals surface area contributed by atoms with Gasteiger partial charge in [-0.15, -0.1) is 0 Å². The van der Waals surface area contributed by atoms with Gasteiger partial charge in [0.05, 0.1) is 0 Å². The minimum absolute atomic E-state index is 0.242. The minimum Gasteiger partial charge on any atom is -0.480 e. The molecule has 0 fully saturated rings. The van der Waals surface area contributed by atoms with Crippen LogP contribution in [0.15, 0.2) is 47.4 Å². The Hall–Kier alpha value is -2.36. The van der Waals surface area contributed by atoms with Crippen molar-refractivity contribution in [3.05, 3.63) is 69.6 Å². The first kappa shape index (κ1) is 15.0. The van der Waals surface area contributed by atoms with Crippen molar-refractivity contribution in [2.45, 2.75) is 32.7 Å². The van der Waals surface area contributed by atoms with Crippen LogP contribution in [0.3, 0.4) is 0 Å². The molecule has 0 aliphatic carbocycles. The highest BCUT2D eigenvalue weighted by atomic mass is 16.4. The highest BCUT2D eigenvalue weighted by molar-refractivity contribution is 5.71. The summed E-state index contributed by atoms with van der Waals surface area (Å²) in [5, 5.41) is 9.40. The second-order valence-corrected chi connectivity index (χ2v) is 5.28. The first-order chi connectivity index (χ1) is 9.99. The van der Waals surface area contributed by atoms with Crippen LogP contribution in [0.4, 0.5) is 0 Å². The maximum Gasteiger partial charge on any atom is 0.326 e. The van der Waals surface area contributed by atoms with Gasteiger partial charge >= 0.3 is 5.97 Å². The lowest BCUT2D eigenvalue weighted by Gasteiger charge is -2.16. The molecule has 21 heavy (non-hydrogen) atoms. The molecule has 1 atom stereocenters. The van der Waals surface area contributed by atoms with Gasteiger partial charge < -0.3 is 9.67 Å². The minimum atomic E-state index is -0.977. The summed E-state index contributed by atoms with van der Waals surface area (Å²) in [5.41, 5.74) is 2.56. The predicted molar refractivity (Wildman–Crippen MR) is 81.6 cm³/mol. The van der Waals surface area contributed by atoms with Crippen LogP contribution in [-0.4, -0.2) is 15.6 Å². The third kappa shape index (κ3) is 3.60. The number of benzene rings is 1. The quantitative estimate of drug-likeness (QED) is 0.919. The molecular formula is C17H19NO3. The number of nitrogens with zero attached hydrogens (tertiary/aromatic N) is 1. The van der Waals surface area contributed by atoms with Gasteiger partial charge in [0.1, 0.15) is 6.04 Å². The molecule has 0 saturated carbocycles. The molecule has 0 radical (unpaired) electrons. The zero-order chi connectivity index (χ0) is 15.4. The van der Waals surface area contributed by atoms with Crippen molar-refractivity contribution in [1.29, 1.82) is 0 Å². The van der Waals surface area contributed by atoms with Crippen LogP contribution in [0, 0.1) is 13.8 Å². The topological polar surface area (TPSA) is 59.3 Å². The second-order valence-electron chi connectivity index (χ2n) is 5.28. The molecule has 0 spiro atoms. The Morgan fingerprint density at radius 3 is 2.48 bits per heavy atom. The molecule has 2 aromatic rings. The molecule has 1 aromatic carbocycles. The molecule has 0 aliphatic heterocycles.